The highest BCUT2D eigenvalue weighted by atomic mass is 35.5. The first-order valence-corrected chi connectivity index (χ1v) is 6.98. The number of halogens is 1. The Balaban J connectivity index is 3.44. The second kappa shape index (κ2) is 6.21. The molecular weight excluding hydrogens is 312 g/mol. The molecule has 7 nitrogen and oxygen atoms in total. The van der Waals surface area contributed by atoms with Crippen molar-refractivity contribution in [3.05, 3.63) is 22.7 Å². The van der Waals surface area contributed by atoms with E-state index >= 15 is 0 Å². The predicted molar refractivity (Wildman–Crippen MR) is 69.3 cm³/mol. The van der Waals surface area contributed by atoms with Crippen molar-refractivity contribution < 1.29 is 32.0 Å². The van der Waals surface area contributed by atoms with Gasteiger partial charge in [0.2, 0.25) is 6.29 Å². The Morgan fingerprint density at radius 1 is 1.40 bits per heavy atom. The fourth-order valence-electron chi connectivity index (χ4n) is 1.43. The van der Waals surface area contributed by atoms with Crippen LogP contribution in [0.5, 0.6) is 11.5 Å². The average molecular weight is 322 g/mol. The van der Waals surface area contributed by atoms with E-state index in [4.69, 9.17) is 25.6 Å². The van der Waals surface area contributed by atoms with Crippen LogP contribution in [0, 0.1) is 0 Å². The van der Waals surface area contributed by atoms with Crippen LogP contribution in [0.4, 0.5) is 0 Å². The predicted octanol–water partition coefficient (Wildman–Crippen LogP) is 1.31. The van der Waals surface area contributed by atoms with Gasteiger partial charge in [0, 0.05) is 23.6 Å². The highest BCUT2D eigenvalue weighted by Crippen LogP contribution is 2.37. The normalized spacial score (nSPS) is 12.6. The number of carbonyl (C=O) groups excluding carboxylic acids is 2. The Hall–Kier alpha value is -1.64. The van der Waals surface area contributed by atoms with Crippen LogP contribution in [0.1, 0.15) is 17.7 Å². The molecule has 0 fully saturated rings. The summed E-state index contributed by atoms with van der Waals surface area (Å²) in [5, 5.41) is -2.18. The lowest BCUT2D eigenvalue weighted by molar-refractivity contribution is -0.132. The number of methoxy groups -OCH3 is 1. The van der Waals surface area contributed by atoms with E-state index in [9.17, 15) is 18.0 Å². The quantitative estimate of drug-likeness (QED) is 0.495. The molecule has 0 aliphatic rings. The van der Waals surface area contributed by atoms with Gasteiger partial charge in [-0.1, -0.05) is 11.6 Å². The molecule has 0 spiro atoms. The molecule has 0 aromatic heterocycles. The van der Waals surface area contributed by atoms with E-state index < -0.39 is 21.3 Å². The number of hydrogen-bond donors (Lipinski definition) is 1. The Kier molecular flexibility index (Phi) is 5.09. The van der Waals surface area contributed by atoms with Gasteiger partial charge in [-0.05, 0) is 6.07 Å². The van der Waals surface area contributed by atoms with Gasteiger partial charge in [0.15, 0.2) is 16.7 Å². The molecular formula is C11H10ClO7S. The van der Waals surface area contributed by atoms with E-state index in [2.05, 4.69) is 0 Å². The minimum Gasteiger partial charge on any atom is -0.493 e. The largest absolute Gasteiger partial charge is 0.493 e. The van der Waals surface area contributed by atoms with Gasteiger partial charge in [-0.2, -0.15) is 8.42 Å². The van der Waals surface area contributed by atoms with E-state index in [1.165, 1.54) is 13.4 Å². The summed E-state index contributed by atoms with van der Waals surface area (Å²) in [7, 11) is -3.48. The molecule has 0 heterocycles. The van der Waals surface area contributed by atoms with Crippen molar-refractivity contribution >= 4 is 34.0 Å². The zero-order chi connectivity index (χ0) is 15.5. The molecule has 0 saturated heterocycles. The van der Waals surface area contributed by atoms with Crippen molar-refractivity contribution in [2.45, 2.75) is 12.2 Å². The van der Waals surface area contributed by atoms with E-state index in [-0.39, 0.29) is 22.1 Å². The number of rotatable bonds is 5. The van der Waals surface area contributed by atoms with Gasteiger partial charge < -0.3 is 9.47 Å². The standard InChI is InChI=1S/C11H10ClO7S/c1-6(14)19-10-4-8(12)7(3-9(10)18-2)11(5-13)20(15,16)17/h3-4,11H,1-2H3,(H,15,16,17). The lowest BCUT2D eigenvalue weighted by atomic mass is 10.1. The first-order chi connectivity index (χ1) is 9.20. The Labute approximate surface area is 120 Å². The molecule has 1 N–H and O–H groups in total. The Morgan fingerprint density at radius 2 is 2.00 bits per heavy atom. The number of benzene rings is 1. The van der Waals surface area contributed by atoms with E-state index in [0.29, 0.717) is 0 Å². The van der Waals surface area contributed by atoms with Crippen LogP contribution in [0.25, 0.3) is 0 Å². The summed E-state index contributed by atoms with van der Waals surface area (Å²) < 4.78 is 40.8. The van der Waals surface area contributed by atoms with Gasteiger partial charge in [-0.15, -0.1) is 0 Å². The molecule has 1 unspecified atom stereocenters. The third-order valence-electron chi connectivity index (χ3n) is 2.22. The van der Waals surface area contributed by atoms with Crippen molar-refractivity contribution in [2.75, 3.05) is 7.11 Å². The SMILES string of the molecule is COc1cc(C([C]=O)S(=O)(=O)O)c(Cl)cc1OC(C)=O. The topological polar surface area (TPSA) is 107 Å². The fraction of sp³-hybridized carbons (Fsp3) is 0.273. The maximum atomic E-state index is 11.1. The van der Waals surface area contributed by atoms with Crippen LogP contribution in [-0.2, 0) is 19.7 Å². The van der Waals surface area contributed by atoms with Crippen molar-refractivity contribution in [3.8, 4) is 11.5 Å². The summed E-state index contributed by atoms with van der Waals surface area (Å²) in [5.74, 6) is -0.711. The molecule has 1 radical (unpaired) electrons. The zero-order valence-corrected chi connectivity index (χ0v) is 12.0. The van der Waals surface area contributed by atoms with Gasteiger partial charge in [-0.25, -0.2) is 0 Å². The molecule has 109 valence electrons. The fourth-order valence-corrected chi connectivity index (χ4v) is 2.40. The molecule has 9 heteroatoms. The molecule has 1 aromatic carbocycles. The highest BCUT2D eigenvalue weighted by molar-refractivity contribution is 7.86. The lowest BCUT2D eigenvalue weighted by Gasteiger charge is -2.14. The van der Waals surface area contributed by atoms with E-state index in [1.807, 2.05) is 0 Å². The summed E-state index contributed by atoms with van der Waals surface area (Å²) in [6, 6.07) is 2.18. The highest BCUT2D eigenvalue weighted by Gasteiger charge is 2.29. The first kappa shape index (κ1) is 16.4. The Morgan fingerprint density at radius 3 is 2.40 bits per heavy atom. The van der Waals surface area contributed by atoms with Gasteiger partial charge >= 0.3 is 5.97 Å². The third kappa shape index (κ3) is 3.69. The van der Waals surface area contributed by atoms with Crippen molar-refractivity contribution in [3.63, 3.8) is 0 Å². The summed E-state index contributed by atoms with van der Waals surface area (Å²) in [4.78, 5) is 21.6. The minimum absolute atomic E-state index is 0.0245. The van der Waals surface area contributed by atoms with Crippen molar-refractivity contribution in [1.82, 2.24) is 0 Å². The number of hydrogen-bond acceptors (Lipinski definition) is 6. The minimum atomic E-state index is -4.72. The van der Waals surface area contributed by atoms with Crippen LogP contribution in [-0.4, -0.2) is 32.3 Å². The molecule has 0 aliphatic carbocycles. The smallest absolute Gasteiger partial charge is 0.308 e. The monoisotopic (exact) mass is 321 g/mol. The molecule has 0 aliphatic heterocycles. The van der Waals surface area contributed by atoms with Crippen molar-refractivity contribution in [1.29, 1.82) is 0 Å². The molecule has 0 saturated carbocycles. The summed E-state index contributed by atoms with van der Waals surface area (Å²) in [6.07, 6.45) is 1.17. The second-order valence-corrected chi connectivity index (χ2v) is 5.54. The maximum Gasteiger partial charge on any atom is 0.308 e. The lowest BCUT2D eigenvalue weighted by Crippen LogP contribution is -2.14. The first-order valence-electron chi connectivity index (χ1n) is 5.10. The van der Waals surface area contributed by atoms with Crippen molar-refractivity contribution in [2.24, 2.45) is 0 Å². The van der Waals surface area contributed by atoms with Crippen LogP contribution < -0.4 is 9.47 Å². The van der Waals surface area contributed by atoms with Crippen LogP contribution >= 0.6 is 11.6 Å². The van der Waals surface area contributed by atoms with Crippen LogP contribution in [0.15, 0.2) is 12.1 Å². The third-order valence-corrected chi connectivity index (χ3v) is 3.50. The van der Waals surface area contributed by atoms with Crippen LogP contribution in [0.3, 0.4) is 0 Å². The van der Waals surface area contributed by atoms with Gasteiger partial charge in [-0.3, -0.25) is 14.1 Å². The number of ether oxygens (including phenoxy) is 2. The molecule has 0 amide bonds. The number of carbonyl (C=O) groups is 1. The Bertz CT molecular complexity index is 638. The van der Waals surface area contributed by atoms with Gasteiger partial charge in [0.1, 0.15) is 0 Å². The number of esters is 1. The zero-order valence-electron chi connectivity index (χ0n) is 10.4. The van der Waals surface area contributed by atoms with Gasteiger partial charge in [0.05, 0.1) is 7.11 Å². The summed E-state index contributed by atoms with van der Waals surface area (Å²) >= 11 is 5.82. The maximum absolute atomic E-state index is 11.1. The average Bonchev–Trinajstić information content (AvgIpc) is 2.30. The van der Waals surface area contributed by atoms with E-state index in [0.717, 1.165) is 19.1 Å². The van der Waals surface area contributed by atoms with Gasteiger partial charge in [0.25, 0.3) is 10.1 Å². The molecule has 1 aromatic rings. The second-order valence-electron chi connectivity index (χ2n) is 3.63. The molecule has 1 rings (SSSR count). The summed E-state index contributed by atoms with van der Waals surface area (Å²) in [5.41, 5.74) is -0.239. The molecule has 1 atom stereocenters. The molecule has 0 bridgehead atoms. The summed E-state index contributed by atoms with van der Waals surface area (Å²) in [6.45, 7) is 1.15. The van der Waals surface area contributed by atoms with Crippen LogP contribution in [0.2, 0.25) is 5.02 Å². The van der Waals surface area contributed by atoms with E-state index in [1.54, 1.807) is 0 Å². The molecule has 20 heavy (non-hydrogen) atoms.